The number of rotatable bonds is 3. The zero-order chi connectivity index (χ0) is 15.7. The van der Waals surface area contributed by atoms with Crippen molar-refractivity contribution >= 4 is 22.6 Å². The number of nitrogens with one attached hydrogen (secondary N) is 1. The van der Waals surface area contributed by atoms with Gasteiger partial charge in [0.25, 0.3) is 0 Å². The van der Waals surface area contributed by atoms with E-state index in [0.717, 1.165) is 22.3 Å². The summed E-state index contributed by atoms with van der Waals surface area (Å²) < 4.78 is 3.19. The van der Waals surface area contributed by atoms with Gasteiger partial charge >= 0.3 is 5.69 Å². The standard InChI is InChI=1S/C17H17N3O2/c1-19-14-9-8-12(10-15(14)20(2)17(19)22)11-16(21)18-13-6-4-3-5-7-13/h3-10H,11H2,1-2H3,(H,18,21). The highest BCUT2D eigenvalue weighted by atomic mass is 16.2. The summed E-state index contributed by atoms with van der Waals surface area (Å²) in [6, 6.07) is 15.0. The lowest BCUT2D eigenvalue weighted by Crippen LogP contribution is -2.19. The number of para-hydroxylation sites is 1. The molecule has 3 aromatic rings. The van der Waals surface area contributed by atoms with E-state index in [1.165, 1.54) is 0 Å². The Labute approximate surface area is 127 Å². The van der Waals surface area contributed by atoms with Crippen molar-refractivity contribution in [2.75, 3.05) is 5.32 Å². The SMILES string of the molecule is Cn1c(=O)n(C)c2cc(CC(=O)Nc3ccccc3)ccc21. The van der Waals surface area contributed by atoms with Crippen LogP contribution in [0.1, 0.15) is 5.56 Å². The molecule has 0 atom stereocenters. The minimum absolute atomic E-state index is 0.0686. The summed E-state index contributed by atoms with van der Waals surface area (Å²) in [6.07, 6.45) is 0.272. The van der Waals surface area contributed by atoms with Crippen LogP contribution in [0.4, 0.5) is 5.69 Å². The summed E-state index contributed by atoms with van der Waals surface area (Å²) >= 11 is 0. The van der Waals surface area contributed by atoms with Gasteiger partial charge in [0.1, 0.15) is 0 Å². The van der Waals surface area contributed by atoms with Gasteiger partial charge in [0.15, 0.2) is 0 Å². The van der Waals surface area contributed by atoms with E-state index in [1.54, 1.807) is 23.2 Å². The molecule has 0 unspecified atom stereocenters. The van der Waals surface area contributed by atoms with Crippen LogP contribution in [0.2, 0.25) is 0 Å². The molecule has 0 fully saturated rings. The molecule has 22 heavy (non-hydrogen) atoms. The summed E-state index contributed by atoms with van der Waals surface area (Å²) in [6.45, 7) is 0. The van der Waals surface area contributed by atoms with Crippen LogP contribution in [0.25, 0.3) is 11.0 Å². The second-order valence-corrected chi connectivity index (χ2v) is 5.31. The van der Waals surface area contributed by atoms with Crippen LogP contribution in [0.15, 0.2) is 53.3 Å². The number of imidazole rings is 1. The van der Waals surface area contributed by atoms with Gasteiger partial charge in [0.05, 0.1) is 17.5 Å². The van der Waals surface area contributed by atoms with Gasteiger partial charge in [0.2, 0.25) is 5.91 Å². The number of carbonyl (C=O) groups is 1. The first-order valence-electron chi connectivity index (χ1n) is 7.05. The van der Waals surface area contributed by atoms with Crippen molar-refractivity contribution in [1.29, 1.82) is 0 Å². The van der Waals surface area contributed by atoms with Crippen molar-refractivity contribution in [3.63, 3.8) is 0 Å². The van der Waals surface area contributed by atoms with Crippen molar-refractivity contribution in [3.8, 4) is 0 Å². The largest absolute Gasteiger partial charge is 0.328 e. The van der Waals surface area contributed by atoms with Gasteiger partial charge in [-0.05, 0) is 29.8 Å². The topological polar surface area (TPSA) is 56.0 Å². The fraction of sp³-hybridized carbons (Fsp3) is 0.176. The fourth-order valence-electron chi connectivity index (χ4n) is 2.57. The second-order valence-electron chi connectivity index (χ2n) is 5.31. The Balaban J connectivity index is 1.84. The van der Waals surface area contributed by atoms with E-state index >= 15 is 0 Å². The fourth-order valence-corrected chi connectivity index (χ4v) is 2.57. The molecule has 0 radical (unpaired) electrons. The van der Waals surface area contributed by atoms with E-state index in [1.807, 2.05) is 48.5 Å². The third kappa shape index (κ3) is 2.53. The molecule has 1 amide bonds. The van der Waals surface area contributed by atoms with Gasteiger partial charge in [-0.1, -0.05) is 24.3 Å². The Morgan fingerprint density at radius 2 is 1.68 bits per heavy atom. The quantitative estimate of drug-likeness (QED) is 0.804. The number of hydrogen-bond acceptors (Lipinski definition) is 2. The zero-order valence-corrected chi connectivity index (χ0v) is 12.5. The summed E-state index contributed by atoms with van der Waals surface area (Å²) in [5, 5.41) is 2.86. The van der Waals surface area contributed by atoms with Crippen LogP contribution >= 0.6 is 0 Å². The first kappa shape index (κ1) is 14.1. The lowest BCUT2D eigenvalue weighted by Gasteiger charge is -2.05. The molecule has 112 valence electrons. The van der Waals surface area contributed by atoms with E-state index in [2.05, 4.69) is 5.32 Å². The molecule has 0 saturated heterocycles. The number of aromatic nitrogens is 2. The number of fused-ring (bicyclic) bond motifs is 1. The van der Waals surface area contributed by atoms with Gasteiger partial charge < -0.3 is 5.32 Å². The van der Waals surface area contributed by atoms with Crippen LogP contribution in [-0.4, -0.2) is 15.0 Å². The van der Waals surface area contributed by atoms with Crippen molar-refractivity contribution in [1.82, 2.24) is 9.13 Å². The minimum atomic E-state index is -0.0773. The summed E-state index contributed by atoms with van der Waals surface area (Å²) in [5.41, 5.74) is 3.28. The van der Waals surface area contributed by atoms with Crippen molar-refractivity contribution in [2.24, 2.45) is 14.1 Å². The van der Waals surface area contributed by atoms with Crippen LogP contribution in [0, 0.1) is 0 Å². The molecule has 0 aliphatic rings. The summed E-state index contributed by atoms with van der Waals surface area (Å²) in [7, 11) is 3.48. The van der Waals surface area contributed by atoms with E-state index in [4.69, 9.17) is 0 Å². The number of hydrogen-bond donors (Lipinski definition) is 1. The first-order valence-corrected chi connectivity index (χ1v) is 7.05. The zero-order valence-electron chi connectivity index (χ0n) is 12.5. The highest BCUT2D eigenvalue weighted by Gasteiger charge is 2.10. The average molecular weight is 295 g/mol. The number of nitrogens with zero attached hydrogens (tertiary/aromatic N) is 2. The van der Waals surface area contributed by atoms with Crippen molar-refractivity contribution in [2.45, 2.75) is 6.42 Å². The molecule has 0 aliphatic carbocycles. The van der Waals surface area contributed by atoms with Gasteiger partial charge in [0, 0.05) is 19.8 Å². The van der Waals surface area contributed by atoms with Gasteiger partial charge in [-0.3, -0.25) is 13.9 Å². The van der Waals surface area contributed by atoms with Crippen LogP contribution in [0.5, 0.6) is 0 Å². The van der Waals surface area contributed by atoms with Gasteiger partial charge in [-0.25, -0.2) is 4.79 Å². The second kappa shape index (κ2) is 5.52. The first-order chi connectivity index (χ1) is 10.6. The van der Waals surface area contributed by atoms with Gasteiger partial charge in [-0.2, -0.15) is 0 Å². The molecule has 1 N–H and O–H groups in total. The molecule has 0 saturated carbocycles. The Morgan fingerprint density at radius 3 is 2.41 bits per heavy atom. The highest BCUT2D eigenvalue weighted by Crippen LogP contribution is 2.15. The highest BCUT2D eigenvalue weighted by molar-refractivity contribution is 5.92. The third-order valence-corrected chi connectivity index (χ3v) is 3.76. The lowest BCUT2D eigenvalue weighted by molar-refractivity contribution is -0.115. The maximum absolute atomic E-state index is 12.1. The molecule has 5 heteroatoms. The van der Waals surface area contributed by atoms with E-state index in [0.29, 0.717) is 0 Å². The summed E-state index contributed by atoms with van der Waals surface area (Å²) in [4.78, 5) is 24.0. The average Bonchev–Trinajstić information content (AvgIpc) is 2.73. The van der Waals surface area contributed by atoms with Gasteiger partial charge in [-0.15, -0.1) is 0 Å². The lowest BCUT2D eigenvalue weighted by atomic mass is 10.1. The van der Waals surface area contributed by atoms with Crippen molar-refractivity contribution < 1.29 is 4.79 Å². The molecule has 0 spiro atoms. The van der Waals surface area contributed by atoms with E-state index in [-0.39, 0.29) is 18.0 Å². The van der Waals surface area contributed by atoms with Crippen LogP contribution < -0.4 is 11.0 Å². The molecule has 3 rings (SSSR count). The van der Waals surface area contributed by atoms with Crippen LogP contribution in [-0.2, 0) is 25.3 Å². The smallest absolute Gasteiger partial charge is 0.326 e. The number of amides is 1. The molecular formula is C17H17N3O2. The third-order valence-electron chi connectivity index (χ3n) is 3.76. The monoisotopic (exact) mass is 295 g/mol. The Bertz CT molecular complexity index is 891. The predicted octanol–water partition coefficient (Wildman–Crippen LogP) is 2.06. The van der Waals surface area contributed by atoms with E-state index in [9.17, 15) is 9.59 Å². The molecular weight excluding hydrogens is 278 g/mol. The molecule has 5 nitrogen and oxygen atoms in total. The van der Waals surface area contributed by atoms with Crippen LogP contribution in [0.3, 0.4) is 0 Å². The number of aryl methyl sites for hydroxylation is 2. The molecule has 1 heterocycles. The molecule has 0 aliphatic heterocycles. The summed E-state index contributed by atoms with van der Waals surface area (Å²) in [5.74, 6) is -0.0773. The van der Waals surface area contributed by atoms with Crippen molar-refractivity contribution in [3.05, 3.63) is 64.6 Å². The maximum atomic E-state index is 12.1. The maximum Gasteiger partial charge on any atom is 0.328 e. The number of benzene rings is 2. The minimum Gasteiger partial charge on any atom is -0.326 e. The predicted molar refractivity (Wildman–Crippen MR) is 86.9 cm³/mol. The van der Waals surface area contributed by atoms with E-state index < -0.39 is 0 Å². The molecule has 0 bridgehead atoms. The Hall–Kier alpha value is -2.82. The molecule has 2 aromatic carbocycles. The normalized spacial score (nSPS) is 10.8. The Morgan fingerprint density at radius 1 is 1.00 bits per heavy atom. The Kier molecular flexibility index (Phi) is 3.55. The number of carbonyl (C=O) groups excluding carboxylic acids is 1. The molecule has 1 aromatic heterocycles. The number of anilines is 1.